The third-order valence-corrected chi connectivity index (χ3v) is 6.84. The van der Waals surface area contributed by atoms with Gasteiger partial charge in [0, 0.05) is 18.5 Å². The van der Waals surface area contributed by atoms with Crippen molar-refractivity contribution in [1.29, 1.82) is 0 Å². The Morgan fingerprint density at radius 3 is 2.30 bits per heavy atom. The molecule has 0 saturated heterocycles. The van der Waals surface area contributed by atoms with E-state index < -0.39 is 14.9 Å². The lowest BCUT2D eigenvalue weighted by Gasteiger charge is -2.15. The van der Waals surface area contributed by atoms with Gasteiger partial charge < -0.3 is 5.32 Å². The number of aryl methyl sites for hydroxylation is 1. The Hall–Kier alpha value is -3.56. The number of carbonyl (C=O) groups is 1. The highest BCUT2D eigenvalue weighted by atomic mass is 32.2. The SMILES string of the molecule is Cc1c(NC(=O)CCc2ccc(S(=O)(=O)N[C@H](C)c3ccccc3)cc2)cccc1[N+](=O)[O-]. The number of nitro benzene ring substituents is 1. The monoisotopic (exact) mass is 467 g/mol. The molecule has 172 valence electrons. The number of nitro groups is 1. The van der Waals surface area contributed by atoms with Crippen LogP contribution in [0, 0.1) is 17.0 Å². The number of benzene rings is 3. The maximum atomic E-state index is 12.7. The van der Waals surface area contributed by atoms with Crippen molar-refractivity contribution < 1.29 is 18.1 Å². The molecule has 3 aromatic rings. The van der Waals surface area contributed by atoms with Crippen molar-refractivity contribution in [3.05, 3.63) is 99.6 Å². The standard InChI is InChI=1S/C24H25N3O5S/c1-17-22(9-6-10-23(17)27(29)30)25-24(28)16-13-19-11-14-21(15-12-19)33(31,32)26-18(2)20-7-4-3-5-8-20/h3-12,14-15,18,26H,13,16H2,1-2H3,(H,25,28)/t18-/m1/s1. The molecule has 33 heavy (non-hydrogen) atoms. The molecule has 1 amide bonds. The minimum Gasteiger partial charge on any atom is -0.326 e. The number of hydrogen-bond acceptors (Lipinski definition) is 5. The van der Waals surface area contributed by atoms with Gasteiger partial charge in [-0.25, -0.2) is 13.1 Å². The molecule has 2 N–H and O–H groups in total. The summed E-state index contributed by atoms with van der Waals surface area (Å²) < 4.78 is 28.0. The zero-order chi connectivity index (χ0) is 24.0. The first-order chi connectivity index (χ1) is 15.7. The second-order valence-electron chi connectivity index (χ2n) is 7.65. The lowest BCUT2D eigenvalue weighted by atomic mass is 10.1. The summed E-state index contributed by atoms with van der Waals surface area (Å²) in [5.41, 5.74) is 2.40. The van der Waals surface area contributed by atoms with Crippen LogP contribution < -0.4 is 10.0 Å². The molecule has 0 radical (unpaired) electrons. The van der Waals surface area contributed by atoms with Crippen molar-refractivity contribution in [1.82, 2.24) is 4.72 Å². The molecule has 0 fully saturated rings. The summed E-state index contributed by atoms with van der Waals surface area (Å²) in [7, 11) is -3.70. The molecule has 0 saturated carbocycles. The number of hydrogen-bond donors (Lipinski definition) is 2. The predicted octanol–water partition coefficient (Wildman–Crippen LogP) is 4.51. The van der Waals surface area contributed by atoms with Crippen LogP contribution >= 0.6 is 0 Å². The van der Waals surface area contributed by atoms with Gasteiger partial charge in [-0.2, -0.15) is 0 Å². The molecular weight excluding hydrogens is 442 g/mol. The first-order valence-electron chi connectivity index (χ1n) is 10.4. The Labute approximate surface area is 192 Å². The van der Waals surface area contributed by atoms with Crippen LogP contribution in [0.3, 0.4) is 0 Å². The fourth-order valence-electron chi connectivity index (χ4n) is 3.37. The average molecular weight is 468 g/mol. The van der Waals surface area contributed by atoms with E-state index in [0.717, 1.165) is 11.1 Å². The number of carbonyl (C=O) groups excluding carboxylic acids is 1. The highest BCUT2D eigenvalue weighted by Gasteiger charge is 2.18. The lowest BCUT2D eigenvalue weighted by Crippen LogP contribution is -2.26. The number of anilines is 1. The van der Waals surface area contributed by atoms with E-state index in [1.165, 1.54) is 24.3 Å². The second kappa shape index (κ2) is 10.4. The Bertz CT molecular complexity index is 1240. The maximum absolute atomic E-state index is 12.7. The summed E-state index contributed by atoms with van der Waals surface area (Å²) in [6, 6.07) is 19.8. The molecular formula is C24H25N3O5S. The van der Waals surface area contributed by atoms with Gasteiger partial charge in [0.2, 0.25) is 15.9 Å². The number of nitrogens with zero attached hydrogens (tertiary/aromatic N) is 1. The molecule has 0 bridgehead atoms. The summed E-state index contributed by atoms with van der Waals surface area (Å²) in [5.74, 6) is -0.284. The lowest BCUT2D eigenvalue weighted by molar-refractivity contribution is -0.385. The minimum absolute atomic E-state index is 0.0557. The normalized spacial score (nSPS) is 12.2. The zero-order valence-electron chi connectivity index (χ0n) is 18.3. The minimum atomic E-state index is -3.70. The third kappa shape index (κ3) is 6.24. The number of sulfonamides is 1. The fraction of sp³-hybridized carbons (Fsp3) is 0.208. The summed E-state index contributed by atoms with van der Waals surface area (Å²) in [6.07, 6.45) is 0.547. The number of amides is 1. The van der Waals surface area contributed by atoms with Crippen LogP contribution in [-0.2, 0) is 21.2 Å². The van der Waals surface area contributed by atoms with E-state index in [4.69, 9.17) is 0 Å². The Kier molecular flexibility index (Phi) is 7.57. The summed E-state index contributed by atoms with van der Waals surface area (Å²) in [6.45, 7) is 3.36. The Morgan fingerprint density at radius 1 is 1.00 bits per heavy atom. The number of rotatable bonds is 9. The topological polar surface area (TPSA) is 118 Å². The van der Waals surface area contributed by atoms with Crippen molar-refractivity contribution in [3.63, 3.8) is 0 Å². The highest BCUT2D eigenvalue weighted by Crippen LogP contribution is 2.25. The van der Waals surface area contributed by atoms with Gasteiger partial charge >= 0.3 is 0 Å². The van der Waals surface area contributed by atoms with E-state index in [-0.39, 0.29) is 29.0 Å². The molecule has 0 aliphatic carbocycles. The second-order valence-corrected chi connectivity index (χ2v) is 9.37. The van der Waals surface area contributed by atoms with Crippen LogP contribution in [0.15, 0.2) is 77.7 Å². The van der Waals surface area contributed by atoms with Gasteiger partial charge in [0.05, 0.1) is 21.1 Å². The first-order valence-corrected chi connectivity index (χ1v) is 11.9. The van der Waals surface area contributed by atoms with Crippen molar-refractivity contribution in [2.75, 3.05) is 5.32 Å². The third-order valence-electron chi connectivity index (χ3n) is 5.28. The quantitative estimate of drug-likeness (QED) is 0.354. The van der Waals surface area contributed by atoms with Gasteiger partial charge in [-0.15, -0.1) is 0 Å². The van der Waals surface area contributed by atoms with E-state index in [9.17, 15) is 23.3 Å². The smallest absolute Gasteiger partial charge is 0.274 e. The fourth-order valence-corrected chi connectivity index (χ4v) is 4.61. The molecule has 1 atom stereocenters. The molecule has 0 heterocycles. The first kappa shape index (κ1) is 24.1. The molecule has 3 aromatic carbocycles. The van der Waals surface area contributed by atoms with Gasteiger partial charge in [0.1, 0.15) is 0 Å². The Balaban J connectivity index is 1.59. The van der Waals surface area contributed by atoms with E-state index in [1.807, 2.05) is 30.3 Å². The van der Waals surface area contributed by atoms with Crippen LogP contribution in [0.25, 0.3) is 0 Å². The van der Waals surface area contributed by atoms with E-state index in [1.54, 1.807) is 32.0 Å². The van der Waals surface area contributed by atoms with Gasteiger partial charge in [0.15, 0.2) is 0 Å². The molecule has 8 nitrogen and oxygen atoms in total. The molecule has 0 aliphatic heterocycles. The van der Waals surface area contributed by atoms with Crippen LogP contribution in [0.4, 0.5) is 11.4 Å². The van der Waals surface area contributed by atoms with Crippen molar-refractivity contribution >= 4 is 27.3 Å². The van der Waals surface area contributed by atoms with Crippen LogP contribution in [-0.4, -0.2) is 19.2 Å². The Morgan fingerprint density at radius 2 is 1.67 bits per heavy atom. The van der Waals surface area contributed by atoms with Crippen molar-refractivity contribution in [2.24, 2.45) is 0 Å². The van der Waals surface area contributed by atoms with Crippen LogP contribution in [0.2, 0.25) is 0 Å². The molecule has 0 aromatic heterocycles. The highest BCUT2D eigenvalue weighted by molar-refractivity contribution is 7.89. The predicted molar refractivity (Wildman–Crippen MR) is 126 cm³/mol. The van der Waals surface area contributed by atoms with Gasteiger partial charge in [-0.3, -0.25) is 14.9 Å². The maximum Gasteiger partial charge on any atom is 0.274 e. The average Bonchev–Trinajstić information content (AvgIpc) is 2.79. The molecule has 0 aliphatic rings. The summed E-state index contributed by atoms with van der Waals surface area (Å²) >= 11 is 0. The molecule has 0 spiro atoms. The molecule has 0 unspecified atom stereocenters. The summed E-state index contributed by atoms with van der Waals surface area (Å²) in [5, 5.41) is 13.7. The van der Waals surface area contributed by atoms with Gasteiger partial charge in [-0.1, -0.05) is 48.5 Å². The van der Waals surface area contributed by atoms with E-state index in [2.05, 4.69) is 10.0 Å². The van der Waals surface area contributed by atoms with E-state index >= 15 is 0 Å². The summed E-state index contributed by atoms with van der Waals surface area (Å²) in [4.78, 5) is 23.0. The van der Waals surface area contributed by atoms with Crippen molar-refractivity contribution in [3.8, 4) is 0 Å². The van der Waals surface area contributed by atoms with Gasteiger partial charge in [-0.05, 0) is 49.6 Å². The van der Waals surface area contributed by atoms with Crippen LogP contribution in [0.1, 0.15) is 36.1 Å². The van der Waals surface area contributed by atoms with Crippen LogP contribution in [0.5, 0.6) is 0 Å². The zero-order valence-corrected chi connectivity index (χ0v) is 19.1. The van der Waals surface area contributed by atoms with E-state index in [0.29, 0.717) is 17.7 Å². The van der Waals surface area contributed by atoms with Gasteiger partial charge in [0.25, 0.3) is 5.69 Å². The molecule has 9 heteroatoms. The molecule has 3 rings (SSSR count). The number of nitrogens with one attached hydrogen (secondary N) is 2. The van der Waals surface area contributed by atoms with Crippen molar-refractivity contribution in [2.45, 2.75) is 37.6 Å². The largest absolute Gasteiger partial charge is 0.326 e.